The molecule has 0 amide bonds. The summed E-state index contributed by atoms with van der Waals surface area (Å²) in [5, 5.41) is 0. The van der Waals surface area contributed by atoms with Crippen molar-refractivity contribution in [3.63, 3.8) is 0 Å². The monoisotopic (exact) mass is 263 g/mol. The van der Waals surface area contributed by atoms with Crippen molar-refractivity contribution in [2.45, 2.75) is 26.7 Å². The van der Waals surface area contributed by atoms with Crippen LogP contribution >= 0.6 is 11.5 Å². The zero-order chi connectivity index (χ0) is 13.1. The topological polar surface area (TPSA) is 30.0 Å². The quantitative estimate of drug-likeness (QED) is 0.789. The van der Waals surface area contributed by atoms with E-state index in [4.69, 9.17) is 0 Å². The molecule has 1 aromatic heterocycles. The Morgan fingerprint density at radius 1 is 1.28 bits per heavy atom. The molecule has 1 heterocycles. The molecule has 0 saturated carbocycles. The predicted molar refractivity (Wildman–Crippen MR) is 70.7 cm³/mol. The van der Waals surface area contributed by atoms with E-state index in [0.717, 1.165) is 28.8 Å². The van der Waals surface area contributed by atoms with Crippen LogP contribution in [0.2, 0.25) is 0 Å². The van der Waals surface area contributed by atoms with Gasteiger partial charge >= 0.3 is 0 Å². The Balaban J connectivity index is 2.12. The van der Waals surface area contributed by atoms with Crippen molar-refractivity contribution in [3.05, 3.63) is 51.8 Å². The number of aromatic nitrogens is 1. The maximum Gasteiger partial charge on any atom is 0.179 e. The molecule has 0 bridgehead atoms. The molecular weight excluding hydrogens is 249 g/mol. The van der Waals surface area contributed by atoms with Gasteiger partial charge in [0.15, 0.2) is 5.78 Å². The van der Waals surface area contributed by atoms with Crippen molar-refractivity contribution in [1.29, 1.82) is 0 Å². The summed E-state index contributed by atoms with van der Waals surface area (Å²) in [6.07, 6.45) is 1.56. The number of halogens is 1. The summed E-state index contributed by atoms with van der Waals surface area (Å²) in [5.41, 5.74) is 2.67. The van der Waals surface area contributed by atoms with Gasteiger partial charge in [0.1, 0.15) is 11.5 Å². The molecule has 0 aliphatic rings. The average molecular weight is 263 g/mol. The fraction of sp³-hybridized carbons (Fsp3) is 0.286. The van der Waals surface area contributed by atoms with Crippen molar-refractivity contribution < 1.29 is 9.18 Å². The summed E-state index contributed by atoms with van der Waals surface area (Å²) in [6, 6.07) is 6.47. The zero-order valence-corrected chi connectivity index (χ0v) is 11.2. The highest BCUT2D eigenvalue weighted by Gasteiger charge is 2.14. The van der Waals surface area contributed by atoms with E-state index in [2.05, 4.69) is 4.37 Å². The van der Waals surface area contributed by atoms with E-state index in [1.54, 1.807) is 12.1 Å². The van der Waals surface area contributed by atoms with Crippen LogP contribution in [-0.4, -0.2) is 10.2 Å². The molecule has 94 valence electrons. The van der Waals surface area contributed by atoms with Crippen LogP contribution in [0.5, 0.6) is 0 Å². The molecule has 0 spiro atoms. The van der Waals surface area contributed by atoms with Crippen LogP contribution in [-0.2, 0) is 12.8 Å². The number of hydrogen-bond donors (Lipinski definition) is 0. The van der Waals surface area contributed by atoms with E-state index >= 15 is 0 Å². The molecule has 18 heavy (non-hydrogen) atoms. The van der Waals surface area contributed by atoms with Crippen LogP contribution < -0.4 is 0 Å². The lowest BCUT2D eigenvalue weighted by molar-refractivity contribution is 0.101. The first-order valence-electron chi connectivity index (χ1n) is 5.78. The molecule has 4 heteroatoms. The first kappa shape index (κ1) is 12.9. The minimum Gasteiger partial charge on any atom is -0.293 e. The number of Topliss-reactive ketones (excluding diaryl/α,β-unsaturated/α-hetero) is 1. The van der Waals surface area contributed by atoms with Crippen LogP contribution in [0.4, 0.5) is 4.39 Å². The Labute approximate surface area is 110 Å². The molecule has 0 aliphatic heterocycles. The highest BCUT2D eigenvalue weighted by molar-refractivity contribution is 7.06. The third kappa shape index (κ3) is 2.82. The standard InChI is InChI=1S/C14H14FNOS/c1-9(17)14-13(10(2)18-16-14)8-5-11-3-6-12(15)7-4-11/h3-4,6-7H,5,8H2,1-2H3. The second-order valence-corrected chi connectivity index (χ2v) is 5.23. The molecule has 0 radical (unpaired) electrons. The normalized spacial score (nSPS) is 10.6. The summed E-state index contributed by atoms with van der Waals surface area (Å²) in [4.78, 5) is 12.5. The van der Waals surface area contributed by atoms with Gasteiger partial charge in [-0.15, -0.1) is 0 Å². The van der Waals surface area contributed by atoms with Gasteiger partial charge in [-0.2, -0.15) is 4.37 Å². The van der Waals surface area contributed by atoms with E-state index in [0.29, 0.717) is 5.69 Å². The van der Waals surface area contributed by atoms with Crippen molar-refractivity contribution >= 4 is 17.3 Å². The molecule has 0 aliphatic carbocycles. The molecule has 0 N–H and O–H groups in total. The van der Waals surface area contributed by atoms with Gasteiger partial charge in [0.05, 0.1) is 0 Å². The van der Waals surface area contributed by atoms with E-state index in [-0.39, 0.29) is 11.6 Å². The number of benzene rings is 1. The summed E-state index contributed by atoms with van der Waals surface area (Å²) >= 11 is 1.37. The number of ketones is 1. The number of rotatable bonds is 4. The number of carbonyl (C=O) groups excluding carboxylic acids is 1. The summed E-state index contributed by atoms with van der Waals surface area (Å²) in [5.74, 6) is -0.218. The molecule has 0 unspecified atom stereocenters. The van der Waals surface area contributed by atoms with Gasteiger partial charge in [0.25, 0.3) is 0 Å². The van der Waals surface area contributed by atoms with Crippen LogP contribution in [0.15, 0.2) is 24.3 Å². The van der Waals surface area contributed by atoms with Gasteiger partial charge < -0.3 is 0 Å². The lowest BCUT2D eigenvalue weighted by atomic mass is 10.0. The first-order chi connectivity index (χ1) is 8.58. The van der Waals surface area contributed by atoms with E-state index in [1.165, 1.54) is 30.6 Å². The molecule has 2 aromatic rings. The van der Waals surface area contributed by atoms with Gasteiger partial charge in [-0.25, -0.2) is 4.39 Å². The third-order valence-electron chi connectivity index (χ3n) is 2.90. The van der Waals surface area contributed by atoms with Gasteiger partial charge in [-0.05, 0) is 54.6 Å². The van der Waals surface area contributed by atoms with E-state index < -0.39 is 0 Å². The van der Waals surface area contributed by atoms with Gasteiger partial charge in [-0.1, -0.05) is 12.1 Å². The summed E-state index contributed by atoms with van der Waals surface area (Å²) < 4.78 is 17.0. The Kier molecular flexibility index (Phi) is 3.87. The molecular formula is C14H14FNOS. The highest BCUT2D eigenvalue weighted by Crippen LogP contribution is 2.20. The van der Waals surface area contributed by atoms with Crippen molar-refractivity contribution in [3.8, 4) is 0 Å². The lowest BCUT2D eigenvalue weighted by Crippen LogP contribution is -2.01. The van der Waals surface area contributed by atoms with Gasteiger partial charge in [0, 0.05) is 11.8 Å². The Morgan fingerprint density at radius 2 is 1.94 bits per heavy atom. The first-order valence-corrected chi connectivity index (χ1v) is 6.56. The maximum atomic E-state index is 12.8. The second kappa shape index (κ2) is 5.40. The highest BCUT2D eigenvalue weighted by atomic mass is 32.1. The Morgan fingerprint density at radius 3 is 2.56 bits per heavy atom. The fourth-order valence-corrected chi connectivity index (χ4v) is 2.66. The zero-order valence-electron chi connectivity index (χ0n) is 10.4. The minimum absolute atomic E-state index is 0.00783. The SMILES string of the molecule is CC(=O)c1nsc(C)c1CCc1ccc(F)cc1. The average Bonchev–Trinajstić information content (AvgIpc) is 2.70. The number of carbonyl (C=O) groups is 1. The molecule has 0 saturated heterocycles. The van der Waals surface area contributed by atoms with Crippen molar-refractivity contribution in [1.82, 2.24) is 4.37 Å². The van der Waals surface area contributed by atoms with E-state index in [9.17, 15) is 9.18 Å². The second-order valence-electron chi connectivity index (χ2n) is 4.25. The number of hydrogen-bond acceptors (Lipinski definition) is 3. The predicted octanol–water partition coefficient (Wildman–Crippen LogP) is 3.58. The summed E-state index contributed by atoms with van der Waals surface area (Å²) in [6.45, 7) is 3.51. The van der Waals surface area contributed by atoms with Crippen LogP contribution in [0, 0.1) is 12.7 Å². The van der Waals surface area contributed by atoms with Crippen molar-refractivity contribution in [2.24, 2.45) is 0 Å². The Bertz CT molecular complexity index is 560. The number of nitrogens with zero attached hydrogens (tertiary/aromatic N) is 1. The lowest BCUT2D eigenvalue weighted by Gasteiger charge is -2.03. The third-order valence-corrected chi connectivity index (χ3v) is 3.69. The van der Waals surface area contributed by atoms with Crippen LogP contribution in [0.3, 0.4) is 0 Å². The van der Waals surface area contributed by atoms with Crippen molar-refractivity contribution in [2.75, 3.05) is 0 Å². The molecule has 2 rings (SSSR count). The number of aryl methyl sites for hydroxylation is 2. The molecule has 1 aromatic carbocycles. The van der Waals surface area contributed by atoms with Gasteiger partial charge in [-0.3, -0.25) is 4.79 Å². The van der Waals surface area contributed by atoms with Crippen LogP contribution in [0.25, 0.3) is 0 Å². The maximum absolute atomic E-state index is 12.8. The molecule has 0 fully saturated rings. The Hall–Kier alpha value is -1.55. The largest absolute Gasteiger partial charge is 0.293 e. The van der Waals surface area contributed by atoms with Gasteiger partial charge in [0.2, 0.25) is 0 Å². The fourth-order valence-electron chi connectivity index (χ4n) is 1.88. The smallest absolute Gasteiger partial charge is 0.179 e. The van der Waals surface area contributed by atoms with E-state index in [1.807, 2.05) is 6.92 Å². The summed E-state index contributed by atoms with van der Waals surface area (Å²) in [7, 11) is 0. The minimum atomic E-state index is -0.225. The molecule has 2 nitrogen and oxygen atoms in total. The van der Waals surface area contributed by atoms with Crippen LogP contribution in [0.1, 0.15) is 33.4 Å². The molecule has 0 atom stereocenters.